The number of benzene rings is 4. The van der Waals surface area contributed by atoms with Crippen LogP contribution in [0.3, 0.4) is 0 Å². The van der Waals surface area contributed by atoms with Crippen molar-refractivity contribution in [1.82, 2.24) is 20.6 Å². The van der Waals surface area contributed by atoms with Crippen molar-refractivity contribution in [3.8, 4) is 34.0 Å². The summed E-state index contributed by atoms with van der Waals surface area (Å²) in [5, 5.41) is 24.5. The zero-order valence-electron chi connectivity index (χ0n) is 23.8. The molecule has 214 valence electrons. The normalized spacial score (nSPS) is 11.6. The summed E-state index contributed by atoms with van der Waals surface area (Å²) in [5.41, 5.74) is 11.5. The standard InChI is InChI=1S/C34H34N4O4/c1-21-25(5-3-7-27(21)33-37-29-11-9-23(17-31(29)41-33)19-35-13-15-39)26-6-4-8-28(22(26)2)34-38-30-12-10-24(18-32(30)42-34)20-36-14-16-40/h3-12,17-18,35-36,39-40H,13-16,19-20H2,1-2H3. The van der Waals surface area contributed by atoms with E-state index in [0.717, 1.165) is 66.7 Å². The molecule has 0 spiro atoms. The first-order valence-electron chi connectivity index (χ1n) is 14.2. The fraction of sp³-hybridized carbons (Fsp3) is 0.235. The first kappa shape index (κ1) is 27.8. The third kappa shape index (κ3) is 5.57. The molecule has 2 aromatic heterocycles. The van der Waals surface area contributed by atoms with Gasteiger partial charge in [-0.05, 0) is 83.6 Å². The minimum Gasteiger partial charge on any atom is -0.436 e. The molecule has 4 aromatic carbocycles. The Hall–Kier alpha value is -4.34. The smallest absolute Gasteiger partial charge is 0.227 e. The quantitative estimate of drug-likeness (QED) is 0.148. The van der Waals surface area contributed by atoms with E-state index in [1.807, 2.05) is 60.7 Å². The summed E-state index contributed by atoms with van der Waals surface area (Å²) in [6.45, 7) is 6.80. The fourth-order valence-corrected chi connectivity index (χ4v) is 5.33. The molecule has 0 radical (unpaired) electrons. The van der Waals surface area contributed by atoms with Gasteiger partial charge in [0.1, 0.15) is 11.0 Å². The van der Waals surface area contributed by atoms with Gasteiger partial charge < -0.3 is 29.7 Å². The van der Waals surface area contributed by atoms with E-state index in [2.05, 4.69) is 36.6 Å². The molecule has 0 aliphatic carbocycles. The monoisotopic (exact) mass is 562 g/mol. The summed E-state index contributed by atoms with van der Waals surface area (Å²) in [6.07, 6.45) is 0. The van der Waals surface area contributed by atoms with Crippen molar-refractivity contribution in [3.63, 3.8) is 0 Å². The van der Waals surface area contributed by atoms with Crippen LogP contribution in [-0.2, 0) is 13.1 Å². The highest BCUT2D eigenvalue weighted by molar-refractivity contribution is 5.84. The number of nitrogens with zero attached hydrogens (tertiary/aromatic N) is 2. The van der Waals surface area contributed by atoms with Gasteiger partial charge in [0.2, 0.25) is 11.8 Å². The Kier molecular flexibility index (Phi) is 8.12. The molecule has 6 rings (SSSR count). The Morgan fingerprint density at radius 1 is 0.595 bits per heavy atom. The number of rotatable bonds is 11. The summed E-state index contributed by atoms with van der Waals surface area (Å²) < 4.78 is 12.5. The van der Waals surface area contributed by atoms with Crippen molar-refractivity contribution in [2.75, 3.05) is 26.3 Å². The van der Waals surface area contributed by atoms with Crippen molar-refractivity contribution >= 4 is 22.2 Å². The third-order valence-electron chi connectivity index (χ3n) is 7.56. The number of aliphatic hydroxyl groups excluding tert-OH is 2. The minimum atomic E-state index is 0.104. The Morgan fingerprint density at radius 2 is 1.02 bits per heavy atom. The average molecular weight is 563 g/mol. The van der Waals surface area contributed by atoms with Gasteiger partial charge in [0, 0.05) is 37.3 Å². The Bertz CT molecular complexity index is 1720. The molecule has 0 bridgehead atoms. The number of nitrogens with one attached hydrogen (secondary N) is 2. The number of aliphatic hydroxyl groups is 2. The highest BCUT2D eigenvalue weighted by Gasteiger charge is 2.18. The van der Waals surface area contributed by atoms with Crippen molar-refractivity contribution in [2.24, 2.45) is 0 Å². The molecule has 0 atom stereocenters. The van der Waals surface area contributed by atoms with E-state index in [4.69, 9.17) is 29.0 Å². The van der Waals surface area contributed by atoms with Crippen molar-refractivity contribution in [3.05, 3.63) is 95.1 Å². The lowest BCUT2D eigenvalue weighted by molar-refractivity contribution is 0.291. The Labute approximate surface area is 244 Å². The first-order valence-corrected chi connectivity index (χ1v) is 14.2. The predicted octanol–water partition coefficient (Wildman–Crippen LogP) is 5.75. The van der Waals surface area contributed by atoms with Crippen LogP contribution in [0.2, 0.25) is 0 Å². The van der Waals surface area contributed by atoms with Gasteiger partial charge in [-0.3, -0.25) is 0 Å². The maximum Gasteiger partial charge on any atom is 0.227 e. The highest BCUT2D eigenvalue weighted by Crippen LogP contribution is 2.37. The lowest BCUT2D eigenvalue weighted by Gasteiger charge is -2.14. The van der Waals surface area contributed by atoms with Crippen LogP contribution in [0.5, 0.6) is 0 Å². The van der Waals surface area contributed by atoms with Gasteiger partial charge in [-0.25, -0.2) is 9.97 Å². The van der Waals surface area contributed by atoms with E-state index in [9.17, 15) is 0 Å². The number of aromatic nitrogens is 2. The van der Waals surface area contributed by atoms with Crippen LogP contribution in [0.15, 0.2) is 81.6 Å². The van der Waals surface area contributed by atoms with Gasteiger partial charge in [-0.15, -0.1) is 0 Å². The van der Waals surface area contributed by atoms with Crippen LogP contribution in [0.25, 0.3) is 56.2 Å². The molecule has 0 saturated heterocycles. The fourth-order valence-electron chi connectivity index (χ4n) is 5.33. The molecule has 42 heavy (non-hydrogen) atoms. The molecule has 4 N–H and O–H groups in total. The van der Waals surface area contributed by atoms with Gasteiger partial charge in [-0.1, -0.05) is 36.4 Å². The third-order valence-corrected chi connectivity index (χ3v) is 7.56. The molecule has 8 nitrogen and oxygen atoms in total. The van der Waals surface area contributed by atoms with E-state index in [0.29, 0.717) is 38.0 Å². The summed E-state index contributed by atoms with van der Waals surface area (Å²) in [5.74, 6) is 1.17. The molecule has 0 unspecified atom stereocenters. The second-order valence-electron chi connectivity index (χ2n) is 10.4. The van der Waals surface area contributed by atoms with E-state index >= 15 is 0 Å². The maximum atomic E-state index is 9.03. The molecular weight excluding hydrogens is 528 g/mol. The van der Waals surface area contributed by atoms with Crippen molar-refractivity contribution < 1.29 is 19.0 Å². The molecule has 0 fully saturated rings. The molecular formula is C34H34N4O4. The molecule has 0 saturated carbocycles. The van der Waals surface area contributed by atoms with E-state index < -0.39 is 0 Å². The second-order valence-corrected chi connectivity index (χ2v) is 10.4. The number of oxazole rings is 2. The average Bonchev–Trinajstić information content (AvgIpc) is 3.61. The lowest BCUT2D eigenvalue weighted by atomic mass is 9.91. The van der Waals surface area contributed by atoms with E-state index in [1.165, 1.54) is 0 Å². The van der Waals surface area contributed by atoms with E-state index in [-0.39, 0.29) is 13.2 Å². The largest absolute Gasteiger partial charge is 0.436 e. The Balaban J connectivity index is 1.32. The Morgan fingerprint density at radius 3 is 1.45 bits per heavy atom. The number of hydrogen-bond acceptors (Lipinski definition) is 8. The van der Waals surface area contributed by atoms with Crippen LogP contribution < -0.4 is 10.6 Å². The van der Waals surface area contributed by atoms with Crippen LogP contribution in [-0.4, -0.2) is 46.5 Å². The van der Waals surface area contributed by atoms with Crippen LogP contribution in [0.1, 0.15) is 22.3 Å². The molecule has 8 heteroatoms. The molecule has 0 aliphatic rings. The van der Waals surface area contributed by atoms with Gasteiger partial charge in [-0.2, -0.15) is 0 Å². The number of fused-ring (bicyclic) bond motifs is 2. The van der Waals surface area contributed by atoms with Crippen molar-refractivity contribution in [2.45, 2.75) is 26.9 Å². The van der Waals surface area contributed by atoms with Crippen LogP contribution in [0, 0.1) is 13.8 Å². The predicted molar refractivity (Wildman–Crippen MR) is 165 cm³/mol. The first-order chi connectivity index (χ1) is 20.6. The van der Waals surface area contributed by atoms with Crippen LogP contribution >= 0.6 is 0 Å². The SMILES string of the molecule is Cc1c(-c2nc3ccc(CNCCO)cc3o2)cccc1-c1cccc(-c2nc3ccc(CNCCO)cc3o2)c1C. The van der Waals surface area contributed by atoms with Gasteiger partial charge in [0.15, 0.2) is 11.2 Å². The minimum absolute atomic E-state index is 0.104. The molecule has 2 heterocycles. The molecule has 0 amide bonds. The molecule has 6 aromatic rings. The zero-order chi connectivity index (χ0) is 29.1. The summed E-state index contributed by atoms with van der Waals surface area (Å²) >= 11 is 0. The second kappa shape index (κ2) is 12.3. The van der Waals surface area contributed by atoms with E-state index in [1.54, 1.807) is 0 Å². The summed E-state index contributed by atoms with van der Waals surface area (Å²) in [6, 6.07) is 24.4. The summed E-state index contributed by atoms with van der Waals surface area (Å²) in [4.78, 5) is 9.58. The van der Waals surface area contributed by atoms with Gasteiger partial charge in [0.25, 0.3) is 0 Å². The highest BCUT2D eigenvalue weighted by atomic mass is 16.4. The van der Waals surface area contributed by atoms with Gasteiger partial charge >= 0.3 is 0 Å². The topological polar surface area (TPSA) is 117 Å². The lowest BCUT2D eigenvalue weighted by Crippen LogP contribution is -2.17. The summed E-state index contributed by atoms with van der Waals surface area (Å²) in [7, 11) is 0. The number of hydrogen-bond donors (Lipinski definition) is 4. The zero-order valence-corrected chi connectivity index (χ0v) is 23.8. The molecule has 0 aliphatic heterocycles. The van der Waals surface area contributed by atoms with Gasteiger partial charge in [0.05, 0.1) is 13.2 Å². The van der Waals surface area contributed by atoms with Crippen molar-refractivity contribution in [1.29, 1.82) is 0 Å². The van der Waals surface area contributed by atoms with Crippen LogP contribution in [0.4, 0.5) is 0 Å². The maximum absolute atomic E-state index is 9.03.